The summed E-state index contributed by atoms with van der Waals surface area (Å²) in [5, 5.41) is 3.60. The minimum absolute atomic E-state index is 0.237. The number of piperidine rings is 1. The summed E-state index contributed by atoms with van der Waals surface area (Å²) in [7, 11) is 0. The molecule has 3 nitrogen and oxygen atoms in total. The molecule has 0 radical (unpaired) electrons. The lowest BCUT2D eigenvalue weighted by Gasteiger charge is -2.42. The van der Waals surface area contributed by atoms with E-state index in [0.29, 0.717) is 5.92 Å². The summed E-state index contributed by atoms with van der Waals surface area (Å²) < 4.78 is 0. The second kappa shape index (κ2) is 8.39. The average Bonchev–Trinajstić information content (AvgIpc) is 3.28. The molecule has 3 aromatic rings. The molecule has 0 amide bonds. The highest BCUT2D eigenvalue weighted by Crippen LogP contribution is 2.47. The molecule has 0 unspecified atom stereocenters. The van der Waals surface area contributed by atoms with Gasteiger partial charge in [0, 0.05) is 35.8 Å². The van der Waals surface area contributed by atoms with Crippen LogP contribution >= 0.6 is 11.3 Å². The van der Waals surface area contributed by atoms with Crippen LogP contribution in [0.4, 0.5) is 0 Å². The smallest absolute Gasteiger partial charge is 0.0964 e. The summed E-state index contributed by atoms with van der Waals surface area (Å²) in [6.45, 7) is 12.9. The molecule has 168 valence electrons. The number of fused-ring (bicyclic) bond motifs is 1. The Balaban J connectivity index is 1.30. The van der Waals surface area contributed by atoms with Crippen molar-refractivity contribution in [1.29, 1.82) is 0 Å². The van der Waals surface area contributed by atoms with Crippen molar-refractivity contribution in [3.05, 3.63) is 69.8 Å². The number of thiazole rings is 1. The number of benzene rings is 1. The molecule has 0 bridgehead atoms. The second-order valence-electron chi connectivity index (χ2n) is 11.0. The van der Waals surface area contributed by atoms with E-state index < -0.39 is 0 Å². The molecule has 5 rings (SSSR count). The van der Waals surface area contributed by atoms with Crippen molar-refractivity contribution in [2.75, 3.05) is 13.1 Å². The molecule has 1 aliphatic heterocycles. The summed E-state index contributed by atoms with van der Waals surface area (Å²) in [5.74, 6) is 0.593. The fourth-order valence-electron chi connectivity index (χ4n) is 5.44. The molecule has 2 aliphatic rings. The Morgan fingerprint density at radius 2 is 1.62 bits per heavy atom. The van der Waals surface area contributed by atoms with Gasteiger partial charge in [0.05, 0.1) is 10.7 Å². The first-order valence-corrected chi connectivity index (χ1v) is 12.9. The molecule has 0 saturated carbocycles. The molecule has 4 heteroatoms. The van der Waals surface area contributed by atoms with Crippen molar-refractivity contribution >= 4 is 11.3 Å². The van der Waals surface area contributed by atoms with Gasteiger partial charge in [-0.15, -0.1) is 11.3 Å². The highest BCUT2D eigenvalue weighted by molar-refractivity contribution is 7.10. The van der Waals surface area contributed by atoms with Crippen molar-refractivity contribution in [3.63, 3.8) is 0 Å². The van der Waals surface area contributed by atoms with Crippen LogP contribution in [0.2, 0.25) is 0 Å². The fourth-order valence-corrected chi connectivity index (χ4v) is 6.44. The lowest BCUT2D eigenvalue weighted by atomic mass is 9.63. The Hall–Kier alpha value is -2.04. The van der Waals surface area contributed by atoms with Crippen molar-refractivity contribution in [2.45, 2.75) is 76.7 Å². The first-order chi connectivity index (χ1) is 15.3. The maximum absolute atomic E-state index is 5.14. The van der Waals surface area contributed by atoms with Gasteiger partial charge in [-0.2, -0.15) is 0 Å². The Morgan fingerprint density at radius 3 is 2.34 bits per heavy atom. The highest BCUT2D eigenvalue weighted by Gasteiger charge is 2.37. The van der Waals surface area contributed by atoms with Gasteiger partial charge in [0.1, 0.15) is 0 Å². The zero-order chi connectivity index (χ0) is 22.3. The highest BCUT2D eigenvalue weighted by atomic mass is 32.1. The molecule has 0 spiro atoms. The molecule has 1 aliphatic carbocycles. The number of nitrogens with zero attached hydrogens (tertiary/aromatic N) is 3. The van der Waals surface area contributed by atoms with E-state index in [9.17, 15) is 0 Å². The molecule has 32 heavy (non-hydrogen) atoms. The summed E-state index contributed by atoms with van der Waals surface area (Å²) in [6.07, 6.45) is 8.68. The van der Waals surface area contributed by atoms with Crippen molar-refractivity contribution in [1.82, 2.24) is 14.9 Å². The maximum Gasteiger partial charge on any atom is 0.0964 e. The molecule has 0 atom stereocenters. The zero-order valence-corrected chi connectivity index (χ0v) is 20.7. The third-order valence-corrected chi connectivity index (χ3v) is 8.77. The van der Waals surface area contributed by atoms with Crippen molar-refractivity contribution in [2.24, 2.45) is 0 Å². The average molecular weight is 446 g/mol. The van der Waals surface area contributed by atoms with Crippen LogP contribution in [-0.4, -0.2) is 28.0 Å². The number of likely N-dealkylation sites (tertiary alicyclic amines) is 1. The minimum atomic E-state index is 0.237. The van der Waals surface area contributed by atoms with E-state index >= 15 is 0 Å². The Kier molecular flexibility index (Phi) is 5.71. The van der Waals surface area contributed by atoms with Crippen LogP contribution in [0.5, 0.6) is 0 Å². The second-order valence-corrected chi connectivity index (χ2v) is 11.9. The number of rotatable bonds is 4. The molecule has 2 aromatic heterocycles. The predicted molar refractivity (Wildman–Crippen MR) is 134 cm³/mol. The normalized spacial score (nSPS) is 20.8. The van der Waals surface area contributed by atoms with Crippen LogP contribution in [0.25, 0.3) is 11.3 Å². The van der Waals surface area contributed by atoms with E-state index in [0.717, 1.165) is 25.3 Å². The summed E-state index contributed by atoms with van der Waals surface area (Å²) in [4.78, 5) is 11.8. The largest absolute Gasteiger partial charge is 0.299 e. The van der Waals surface area contributed by atoms with Gasteiger partial charge < -0.3 is 0 Å². The van der Waals surface area contributed by atoms with Gasteiger partial charge in [0.25, 0.3) is 0 Å². The predicted octanol–water partition coefficient (Wildman–Crippen LogP) is 6.93. The van der Waals surface area contributed by atoms with Crippen molar-refractivity contribution < 1.29 is 0 Å². The Morgan fingerprint density at radius 1 is 0.938 bits per heavy atom. The Bertz CT molecular complexity index is 1080. The molecular weight excluding hydrogens is 410 g/mol. The summed E-state index contributed by atoms with van der Waals surface area (Å²) in [6, 6.07) is 11.4. The van der Waals surface area contributed by atoms with Crippen LogP contribution in [0.3, 0.4) is 0 Å². The van der Waals surface area contributed by atoms with E-state index in [1.165, 1.54) is 52.9 Å². The molecule has 3 heterocycles. The van der Waals surface area contributed by atoms with E-state index in [1.807, 2.05) is 23.7 Å². The first kappa shape index (κ1) is 21.8. The van der Waals surface area contributed by atoms with Crippen LogP contribution in [0, 0.1) is 0 Å². The standard InChI is InChI=1S/C28H35N3S/c1-27(2)11-12-28(3,4)24-17-22(5-6-23(24)27)25-19-32-26(30-25)21-9-15-31(16-10-21)18-20-7-13-29-14-8-20/h5-8,13-14,17,19,21H,9-12,15-16,18H2,1-4H3. The Labute approximate surface area is 196 Å². The molecule has 1 aromatic carbocycles. The molecule has 1 fully saturated rings. The molecular formula is C28H35N3S. The van der Waals surface area contributed by atoms with Crippen LogP contribution in [-0.2, 0) is 17.4 Å². The van der Waals surface area contributed by atoms with Gasteiger partial charge in [0.15, 0.2) is 0 Å². The monoisotopic (exact) mass is 445 g/mol. The van der Waals surface area contributed by atoms with Gasteiger partial charge >= 0.3 is 0 Å². The van der Waals surface area contributed by atoms with Gasteiger partial charge in [-0.1, -0.05) is 39.8 Å². The van der Waals surface area contributed by atoms with Crippen LogP contribution < -0.4 is 0 Å². The van der Waals surface area contributed by atoms with E-state index in [-0.39, 0.29) is 10.8 Å². The lowest BCUT2D eigenvalue weighted by molar-refractivity contribution is 0.204. The molecule has 1 saturated heterocycles. The van der Waals surface area contributed by atoms with Crippen molar-refractivity contribution in [3.8, 4) is 11.3 Å². The maximum atomic E-state index is 5.14. The van der Waals surface area contributed by atoms with E-state index in [2.05, 4.69) is 73.3 Å². The minimum Gasteiger partial charge on any atom is -0.299 e. The number of pyridine rings is 1. The van der Waals surface area contributed by atoms with E-state index in [4.69, 9.17) is 4.98 Å². The van der Waals surface area contributed by atoms with Gasteiger partial charge in [-0.05, 0) is 84.5 Å². The topological polar surface area (TPSA) is 29.0 Å². The van der Waals surface area contributed by atoms with Crippen LogP contribution in [0.15, 0.2) is 48.1 Å². The van der Waals surface area contributed by atoms with Gasteiger partial charge in [0.2, 0.25) is 0 Å². The SMILES string of the molecule is CC1(C)CCC(C)(C)c2cc(-c3csc(C4CCN(Cc5ccncc5)CC4)n3)ccc21. The third-order valence-electron chi connectivity index (χ3n) is 7.76. The quantitative estimate of drug-likeness (QED) is 0.436. The molecule has 0 N–H and O–H groups in total. The zero-order valence-electron chi connectivity index (χ0n) is 19.9. The number of aromatic nitrogens is 2. The summed E-state index contributed by atoms with van der Waals surface area (Å²) in [5.41, 5.74) is 7.34. The third kappa shape index (κ3) is 4.27. The fraction of sp³-hybridized carbons (Fsp3) is 0.500. The van der Waals surface area contributed by atoms with Gasteiger partial charge in [-0.3, -0.25) is 9.88 Å². The van der Waals surface area contributed by atoms with Crippen LogP contribution in [0.1, 0.15) is 81.0 Å². The summed E-state index contributed by atoms with van der Waals surface area (Å²) >= 11 is 1.86. The number of hydrogen-bond donors (Lipinski definition) is 0. The first-order valence-electron chi connectivity index (χ1n) is 12.0. The van der Waals surface area contributed by atoms with E-state index in [1.54, 1.807) is 0 Å². The lowest BCUT2D eigenvalue weighted by Crippen LogP contribution is -2.33. The van der Waals surface area contributed by atoms with Gasteiger partial charge in [-0.25, -0.2) is 4.98 Å². The number of hydrogen-bond acceptors (Lipinski definition) is 4.